The smallest absolute Gasteiger partial charge is 0.408 e. The number of rotatable bonds is 2. The zero-order valence-electron chi connectivity index (χ0n) is 11.2. The molecule has 4 heteroatoms. The van der Waals surface area contributed by atoms with Crippen molar-refractivity contribution in [3.8, 4) is 6.07 Å². The third-order valence-electron chi connectivity index (χ3n) is 2.25. The van der Waals surface area contributed by atoms with Gasteiger partial charge in [-0.3, -0.25) is 0 Å². The van der Waals surface area contributed by atoms with Crippen LogP contribution in [0.1, 0.15) is 44.9 Å². The summed E-state index contributed by atoms with van der Waals surface area (Å²) in [6.07, 6.45) is -0.461. The van der Waals surface area contributed by atoms with E-state index in [1.54, 1.807) is 18.2 Å². The zero-order valence-corrected chi connectivity index (χ0v) is 11.2. The Morgan fingerprint density at radius 1 is 1.44 bits per heavy atom. The molecular formula is C14H18N2O2. The first kappa shape index (κ1) is 14.0. The molecule has 0 aromatic heterocycles. The summed E-state index contributed by atoms with van der Waals surface area (Å²) in [4.78, 5) is 11.6. The van der Waals surface area contributed by atoms with Crippen LogP contribution in [0.4, 0.5) is 4.79 Å². The Morgan fingerprint density at radius 2 is 2.11 bits per heavy atom. The van der Waals surface area contributed by atoms with Gasteiger partial charge in [0.25, 0.3) is 0 Å². The molecule has 1 unspecified atom stereocenters. The lowest BCUT2D eigenvalue weighted by Gasteiger charge is -2.22. The minimum absolute atomic E-state index is 0.201. The van der Waals surface area contributed by atoms with Gasteiger partial charge in [0.15, 0.2) is 0 Å². The van der Waals surface area contributed by atoms with Crippen molar-refractivity contribution in [2.24, 2.45) is 0 Å². The van der Waals surface area contributed by atoms with Gasteiger partial charge in [0.05, 0.1) is 17.7 Å². The van der Waals surface area contributed by atoms with Crippen LogP contribution in [-0.2, 0) is 4.74 Å². The number of nitrogens with one attached hydrogen (secondary N) is 1. The van der Waals surface area contributed by atoms with Crippen molar-refractivity contribution in [1.29, 1.82) is 5.26 Å². The highest BCUT2D eigenvalue weighted by molar-refractivity contribution is 5.68. The third-order valence-corrected chi connectivity index (χ3v) is 2.25. The van der Waals surface area contributed by atoms with Crippen LogP contribution >= 0.6 is 0 Å². The van der Waals surface area contributed by atoms with Crippen LogP contribution in [0.5, 0.6) is 0 Å². The summed E-state index contributed by atoms with van der Waals surface area (Å²) in [5.74, 6) is 0. The molecule has 0 saturated carbocycles. The molecule has 0 aliphatic heterocycles. The van der Waals surface area contributed by atoms with Gasteiger partial charge in [-0.05, 0) is 45.4 Å². The maximum absolute atomic E-state index is 11.6. The van der Waals surface area contributed by atoms with E-state index >= 15 is 0 Å². The lowest BCUT2D eigenvalue weighted by atomic mass is 10.1. The molecule has 1 rings (SSSR count). The van der Waals surface area contributed by atoms with Crippen molar-refractivity contribution < 1.29 is 9.53 Å². The molecule has 0 aliphatic carbocycles. The van der Waals surface area contributed by atoms with E-state index in [1.807, 2.05) is 33.8 Å². The number of amides is 1. The van der Waals surface area contributed by atoms with Crippen molar-refractivity contribution in [2.75, 3.05) is 0 Å². The maximum Gasteiger partial charge on any atom is 0.408 e. The SMILES string of the molecule is CC(NC(=O)OC(C)(C)C)c1cccc(C#N)c1. The fourth-order valence-electron chi connectivity index (χ4n) is 1.45. The number of carbonyl (C=O) groups excluding carboxylic acids is 1. The number of hydrogen-bond donors (Lipinski definition) is 1. The van der Waals surface area contributed by atoms with Crippen LogP contribution in [0.25, 0.3) is 0 Å². The Hall–Kier alpha value is -2.02. The molecule has 0 spiro atoms. The lowest BCUT2D eigenvalue weighted by Crippen LogP contribution is -2.34. The van der Waals surface area contributed by atoms with Gasteiger partial charge in [0, 0.05) is 0 Å². The largest absolute Gasteiger partial charge is 0.444 e. The molecule has 1 amide bonds. The van der Waals surface area contributed by atoms with Crippen LogP contribution < -0.4 is 5.32 Å². The minimum Gasteiger partial charge on any atom is -0.444 e. The number of hydrogen-bond acceptors (Lipinski definition) is 3. The fourth-order valence-corrected chi connectivity index (χ4v) is 1.45. The van der Waals surface area contributed by atoms with Crippen LogP contribution in [0.2, 0.25) is 0 Å². The predicted octanol–water partition coefficient (Wildman–Crippen LogP) is 3.14. The van der Waals surface area contributed by atoms with Crippen molar-refractivity contribution in [2.45, 2.75) is 39.3 Å². The van der Waals surface area contributed by atoms with Gasteiger partial charge >= 0.3 is 6.09 Å². The summed E-state index contributed by atoms with van der Waals surface area (Å²) >= 11 is 0. The Morgan fingerprint density at radius 3 is 2.67 bits per heavy atom. The van der Waals surface area contributed by atoms with Crippen LogP contribution in [0.3, 0.4) is 0 Å². The highest BCUT2D eigenvalue weighted by Crippen LogP contribution is 2.15. The van der Waals surface area contributed by atoms with Gasteiger partial charge in [0.1, 0.15) is 5.60 Å². The van der Waals surface area contributed by atoms with E-state index < -0.39 is 11.7 Å². The van der Waals surface area contributed by atoms with E-state index in [4.69, 9.17) is 10.00 Å². The monoisotopic (exact) mass is 246 g/mol. The Kier molecular flexibility index (Phi) is 4.33. The molecule has 4 nitrogen and oxygen atoms in total. The number of carbonyl (C=O) groups is 1. The lowest BCUT2D eigenvalue weighted by molar-refractivity contribution is 0.0508. The first-order valence-electron chi connectivity index (χ1n) is 5.81. The minimum atomic E-state index is -0.516. The molecule has 0 bridgehead atoms. The summed E-state index contributed by atoms with van der Waals surface area (Å²) in [5, 5.41) is 11.5. The van der Waals surface area contributed by atoms with Gasteiger partial charge in [0.2, 0.25) is 0 Å². The molecular weight excluding hydrogens is 228 g/mol. The molecule has 1 aromatic carbocycles. The number of benzene rings is 1. The average molecular weight is 246 g/mol. The second-order valence-electron chi connectivity index (χ2n) is 5.11. The predicted molar refractivity (Wildman–Crippen MR) is 68.9 cm³/mol. The third kappa shape index (κ3) is 4.46. The second kappa shape index (κ2) is 5.54. The van der Waals surface area contributed by atoms with Gasteiger partial charge in [-0.25, -0.2) is 4.79 Å². The molecule has 18 heavy (non-hydrogen) atoms. The van der Waals surface area contributed by atoms with Crippen LogP contribution in [-0.4, -0.2) is 11.7 Å². The molecule has 0 fully saturated rings. The van der Waals surface area contributed by atoms with E-state index in [0.29, 0.717) is 5.56 Å². The van der Waals surface area contributed by atoms with E-state index in [0.717, 1.165) is 5.56 Å². The first-order valence-corrected chi connectivity index (χ1v) is 5.81. The summed E-state index contributed by atoms with van der Waals surface area (Å²) in [6, 6.07) is 9.00. The highest BCUT2D eigenvalue weighted by Gasteiger charge is 2.18. The maximum atomic E-state index is 11.6. The van der Waals surface area contributed by atoms with Crippen molar-refractivity contribution in [3.05, 3.63) is 35.4 Å². The summed E-state index contributed by atoms with van der Waals surface area (Å²) in [5.41, 5.74) is 0.934. The number of alkyl carbamates (subject to hydrolysis) is 1. The van der Waals surface area contributed by atoms with Crippen LogP contribution in [0, 0.1) is 11.3 Å². The first-order chi connectivity index (χ1) is 8.31. The van der Waals surface area contributed by atoms with Gasteiger partial charge < -0.3 is 10.1 Å². The molecule has 96 valence electrons. The van der Waals surface area contributed by atoms with E-state index in [-0.39, 0.29) is 6.04 Å². The van der Waals surface area contributed by atoms with E-state index in [9.17, 15) is 4.79 Å². The summed E-state index contributed by atoms with van der Waals surface area (Å²) < 4.78 is 5.17. The Balaban J connectivity index is 2.68. The van der Waals surface area contributed by atoms with E-state index in [1.165, 1.54) is 0 Å². The molecule has 0 radical (unpaired) electrons. The zero-order chi connectivity index (χ0) is 13.8. The molecule has 0 heterocycles. The van der Waals surface area contributed by atoms with Crippen molar-refractivity contribution in [1.82, 2.24) is 5.32 Å². The molecule has 1 aromatic rings. The van der Waals surface area contributed by atoms with Crippen molar-refractivity contribution >= 4 is 6.09 Å². The second-order valence-corrected chi connectivity index (χ2v) is 5.11. The Bertz CT molecular complexity index is 469. The molecule has 1 N–H and O–H groups in total. The molecule has 1 atom stereocenters. The summed E-state index contributed by atoms with van der Waals surface area (Å²) in [7, 11) is 0. The number of nitriles is 1. The molecule has 0 aliphatic rings. The van der Waals surface area contributed by atoms with Gasteiger partial charge in [-0.2, -0.15) is 5.26 Å². The van der Waals surface area contributed by atoms with Crippen molar-refractivity contribution in [3.63, 3.8) is 0 Å². The highest BCUT2D eigenvalue weighted by atomic mass is 16.6. The Labute approximate surface area is 108 Å². The fraction of sp³-hybridized carbons (Fsp3) is 0.429. The van der Waals surface area contributed by atoms with Gasteiger partial charge in [-0.1, -0.05) is 12.1 Å². The van der Waals surface area contributed by atoms with E-state index in [2.05, 4.69) is 11.4 Å². The quantitative estimate of drug-likeness (QED) is 0.871. The normalized spacial score (nSPS) is 12.4. The standard InChI is InChI=1S/C14H18N2O2/c1-10(16-13(17)18-14(2,3)4)12-7-5-6-11(8-12)9-15/h5-8,10H,1-4H3,(H,16,17). The average Bonchev–Trinajstić information content (AvgIpc) is 2.26. The van der Waals surface area contributed by atoms with Gasteiger partial charge in [-0.15, -0.1) is 0 Å². The molecule has 0 saturated heterocycles. The number of ether oxygens (including phenoxy) is 1. The summed E-state index contributed by atoms with van der Waals surface area (Å²) in [6.45, 7) is 7.29. The topological polar surface area (TPSA) is 62.1 Å². The number of nitrogens with zero attached hydrogens (tertiary/aromatic N) is 1. The van der Waals surface area contributed by atoms with Crippen LogP contribution in [0.15, 0.2) is 24.3 Å².